The van der Waals surface area contributed by atoms with Crippen LogP contribution in [-0.4, -0.2) is 10.9 Å². The van der Waals surface area contributed by atoms with Crippen molar-refractivity contribution in [1.82, 2.24) is 4.98 Å². The minimum absolute atomic E-state index is 0.00422. The number of nitriles is 1. The average molecular weight is 252 g/mol. The summed E-state index contributed by atoms with van der Waals surface area (Å²) in [5.74, 6) is -0.490. The predicted octanol–water partition coefficient (Wildman–Crippen LogP) is 1.23. The van der Waals surface area contributed by atoms with E-state index in [2.05, 4.69) is 4.98 Å². The van der Waals surface area contributed by atoms with E-state index in [1.54, 1.807) is 0 Å². The van der Waals surface area contributed by atoms with E-state index in [-0.39, 0.29) is 6.42 Å². The van der Waals surface area contributed by atoms with Crippen LogP contribution in [0.2, 0.25) is 0 Å². The molecule has 0 saturated heterocycles. The van der Waals surface area contributed by atoms with Crippen molar-refractivity contribution < 1.29 is 4.79 Å². The summed E-state index contributed by atoms with van der Waals surface area (Å²) in [7, 11) is 0. The van der Waals surface area contributed by atoms with E-state index >= 15 is 0 Å². The first-order valence-electron chi connectivity index (χ1n) is 5.65. The van der Waals surface area contributed by atoms with Gasteiger partial charge in [-0.15, -0.1) is 0 Å². The zero-order valence-corrected chi connectivity index (χ0v) is 10.1. The lowest BCUT2D eigenvalue weighted by Gasteiger charge is -2.08. The fourth-order valence-electron chi connectivity index (χ4n) is 1.81. The molecule has 94 valence electrons. The quantitative estimate of drug-likeness (QED) is 0.856. The highest BCUT2D eigenvalue weighted by Gasteiger charge is 2.13. The van der Waals surface area contributed by atoms with E-state index in [0.717, 1.165) is 5.56 Å². The van der Waals surface area contributed by atoms with Crippen LogP contribution in [0.3, 0.4) is 0 Å². The van der Waals surface area contributed by atoms with Crippen LogP contribution in [0.5, 0.6) is 0 Å². The molecular weight excluding hydrogens is 240 g/mol. The SMILES string of the molecule is N#Cc1c(N)cc(CC(N)=O)nc1-c1ccccc1. The number of carbonyl (C=O) groups is 1. The maximum Gasteiger partial charge on any atom is 0.223 e. The molecule has 2 aromatic rings. The predicted molar refractivity (Wildman–Crippen MR) is 71.7 cm³/mol. The normalized spacial score (nSPS) is 9.84. The molecule has 0 bridgehead atoms. The van der Waals surface area contributed by atoms with Crippen LogP contribution in [-0.2, 0) is 11.2 Å². The topological polar surface area (TPSA) is 106 Å². The summed E-state index contributed by atoms with van der Waals surface area (Å²) in [4.78, 5) is 15.3. The zero-order valence-electron chi connectivity index (χ0n) is 10.1. The number of anilines is 1. The summed E-state index contributed by atoms with van der Waals surface area (Å²) in [5, 5.41) is 9.17. The van der Waals surface area contributed by atoms with Gasteiger partial charge >= 0.3 is 0 Å². The van der Waals surface area contributed by atoms with Gasteiger partial charge in [0.1, 0.15) is 11.6 Å². The third-order valence-corrected chi connectivity index (χ3v) is 2.62. The molecule has 0 aliphatic heterocycles. The lowest BCUT2D eigenvalue weighted by Crippen LogP contribution is -2.15. The lowest BCUT2D eigenvalue weighted by molar-refractivity contribution is -0.117. The first-order chi connectivity index (χ1) is 9.11. The molecule has 0 unspecified atom stereocenters. The molecule has 0 aliphatic rings. The molecule has 0 saturated carbocycles. The second-order valence-electron chi connectivity index (χ2n) is 4.05. The number of nitrogens with zero attached hydrogens (tertiary/aromatic N) is 2. The van der Waals surface area contributed by atoms with Gasteiger partial charge in [-0.25, -0.2) is 0 Å². The molecule has 4 N–H and O–H groups in total. The molecule has 0 fully saturated rings. The molecule has 0 radical (unpaired) electrons. The number of nitrogen functional groups attached to an aromatic ring is 1. The Morgan fingerprint density at radius 3 is 2.58 bits per heavy atom. The molecule has 5 heteroatoms. The highest BCUT2D eigenvalue weighted by Crippen LogP contribution is 2.26. The van der Waals surface area contributed by atoms with E-state index in [1.807, 2.05) is 36.4 Å². The van der Waals surface area contributed by atoms with E-state index in [1.165, 1.54) is 6.07 Å². The van der Waals surface area contributed by atoms with Gasteiger partial charge < -0.3 is 11.5 Å². The van der Waals surface area contributed by atoms with Gasteiger partial charge in [-0.3, -0.25) is 9.78 Å². The van der Waals surface area contributed by atoms with Crippen LogP contribution in [0.25, 0.3) is 11.3 Å². The van der Waals surface area contributed by atoms with Crippen LogP contribution in [0.4, 0.5) is 5.69 Å². The third kappa shape index (κ3) is 2.69. The molecule has 2 rings (SSSR count). The van der Waals surface area contributed by atoms with Crippen LogP contribution in [0.1, 0.15) is 11.3 Å². The average Bonchev–Trinajstić information content (AvgIpc) is 2.38. The number of pyridine rings is 1. The molecule has 19 heavy (non-hydrogen) atoms. The molecule has 0 spiro atoms. The monoisotopic (exact) mass is 252 g/mol. The molecule has 0 atom stereocenters. The van der Waals surface area contributed by atoms with Crippen molar-refractivity contribution in [1.29, 1.82) is 5.26 Å². The maximum absolute atomic E-state index is 11.0. The smallest absolute Gasteiger partial charge is 0.223 e. The summed E-state index contributed by atoms with van der Waals surface area (Å²) in [6.07, 6.45) is -0.00422. The highest BCUT2D eigenvalue weighted by atomic mass is 16.1. The van der Waals surface area contributed by atoms with Crippen molar-refractivity contribution in [3.05, 3.63) is 47.7 Å². The summed E-state index contributed by atoms with van der Waals surface area (Å²) in [6.45, 7) is 0. The molecule has 1 heterocycles. The van der Waals surface area contributed by atoms with E-state index in [9.17, 15) is 10.1 Å². The Kier molecular flexibility index (Phi) is 3.44. The van der Waals surface area contributed by atoms with Crippen molar-refractivity contribution >= 4 is 11.6 Å². The number of carbonyl (C=O) groups excluding carboxylic acids is 1. The number of benzene rings is 1. The van der Waals surface area contributed by atoms with Gasteiger partial charge in [0, 0.05) is 5.56 Å². The third-order valence-electron chi connectivity index (χ3n) is 2.62. The van der Waals surface area contributed by atoms with Gasteiger partial charge in [0.15, 0.2) is 0 Å². The van der Waals surface area contributed by atoms with Crippen LogP contribution in [0, 0.1) is 11.3 Å². The second kappa shape index (κ2) is 5.19. The van der Waals surface area contributed by atoms with E-state index in [4.69, 9.17) is 11.5 Å². The maximum atomic E-state index is 11.0. The number of nitrogens with two attached hydrogens (primary N) is 2. The Hall–Kier alpha value is -2.87. The Morgan fingerprint density at radius 2 is 2.00 bits per heavy atom. The Morgan fingerprint density at radius 1 is 1.32 bits per heavy atom. The van der Waals surface area contributed by atoms with Crippen molar-refractivity contribution in [2.75, 3.05) is 5.73 Å². The molecule has 0 aliphatic carbocycles. The Bertz CT molecular complexity index is 659. The van der Waals surface area contributed by atoms with Gasteiger partial charge in [0.05, 0.1) is 23.5 Å². The first kappa shape index (κ1) is 12.6. The number of primary amides is 1. The number of amides is 1. The summed E-state index contributed by atoms with van der Waals surface area (Å²) in [6, 6.07) is 12.8. The summed E-state index contributed by atoms with van der Waals surface area (Å²) >= 11 is 0. The van der Waals surface area contributed by atoms with Crippen molar-refractivity contribution in [3.63, 3.8) is 0 Å². The Balaban J connectivity index is 2.61. The molecule has 5 nitrogen and oxygen atoms in total. The van der Waals surface area contributed by atoms with Gasteiger partial charge in [-0.2, -0.15) is 5.26 Å². The first-order valence-corrected chi connectivity index (χ1v) is 5.65. The zero-order chi connectivity index (χ0) is 13.8. The van der Waals surface area contributed by atoms with Crippen LogP contribution >= 0.6 is 0 Å². The second-order valence-corrected chi connectivity index (χ2v) is 4.05. The minimum atomic E-state index is -0.490. The van der Waals surface area contributed by atoms with Gasteiger partial charge in [0.25, 0.3) is 0 Å². The van der Waals surface area contributed by atoms with Crippen molar-refractivity contribution in [2.45, 2.75) is 6.42 Å². The molecule has 1 aromatic heterocycles. The summed E-state index contributed by atoms with van der Waals surface area (Å²) < 4.78 is 0. The van der Waals surface area contributed by atoms with Crippen molar-refractivity contribution in [2.24, 2.45) is 5.73 Å². The number of hydrogen-bond acceptors (Lipinski definition) is 4. The number of hydrogen-bond donors (Lipinski definition) is 2. The number of aromatic nitrogens is 1. The van der Waals surface area contributed by atoms with Gasteiger partial charge in [-0.05, 0) is 6.07 Å². The fourth-order valence-corrected chi connectivity index (χ4v) is 1.81. The minimum Gasteiger partial charge on any atom is -0.398 e. The Labute approximate surface area is 110 Å². The number of rotatable bonds is 3. The lowest BCUT2D eigenvalue weighted by atomic mass is 10.0. The molecule has 1 aromatic carbocycles. The van der Waals surface area contributed by atoms with Gasteiger partial charge in [-0.1, -0.05) is 30.3 Å². The largest absolute Gasteiger partial charge is 0.398 e. The van der Waals surface area contributed by atoms with Crippen LogP contribution < -0.4 is 11.5 Å². The fraction of sp³-hybridized carbons (Fsp3) is 0.0714. The van der Waals surface area contributed by atoms with Crippen molar-refractivity contribution in [3.8, 4) is 17.3 Å². The van der Waals surface area contributed by atoms with E-state index < -0.39 is 5.91 Å². The molecular formula is C14H12N4O. The highest BCUT2D eigenvalue weighted by molar-refractivity contribution is 5.79. The van der Waals surface area contributed by atoms with Crippen LogP contribution in [0.15, 0.2) is 36.4 Å². The van der Waals surface area contributed by atoms with E-state index in [0.29, 0.717) is 22.6 Å². The summed E-state index contributed by atoms with van der Waals surface area (Å²) in [5.41, 5.74) is 13.3. The van der Waals surface area contributed by atoms with Gasteiger partial charge in [0.2, 0.25) is 5.91 Å². The molecule has 1 amide bonds. The standard InChI is InChI=1S/C14H12N4O/c15-8-11-12(16)6-10(7-13(17)19)18-14(11)9-4-2-1-3-5-9/h1-6H,7H2,(H2,16,18)(H2,17,19).